The van der Waals surface area contributed by atoms with Gasteiger partial charge in [0, 0.05) is 28.5 Å². The first kappa shape index (κ1) is 22.4. The number of amides is 1. The van der Waals surface area contributed by atoms with E-state index in [2.05, 4.69) is 5.32 Å². The van der Waals surface area contributed by atoms with Crippen LogP contribution in [0, 0.1) is 6.92 Å². The van der Waals surface area contributed by atoms with Crippen molar-refractivity contribution in [3.8, 4) is 0 Å². The number of carbonyl (C=O) groups is 1. The van der Waals surface area contributed by atoms with Crippen LogP contribution in [0.5, 0.6) is 0 Å². The Morgan fingerprint density at radius 3 is 2.37 bits per heavy atom. The molecule has 1 N–H and O–H groups in total. The van der Waals surface area contributed by atoms with Crippen LogP contribution in [0.3, 0.4) is 0 Å². The zero-order valence-corrected chi connectivity index (χ0v) is 19.5. The summed E-state index contributed by atoms with van der Waals surface area (Å²) in [5, 5.41) is 6.80. The van der Waals surface area contributed by atoms with E-state index in [-0.39, 0.29) is 10.8 Å². The van der Waals surface area contributed by atoms with Gasteiger partial charge in [-0.1, -0.05) is 32.0 Å². The van der Waals surface area contributed by atoms with Crippen LogP contribution >= 0.6 is 22.7 Å². The average Bonchev–Trinajstić information content (AvgIpc) is 3.42. The summed E-state index contributed by atoms with van der Waals surface area (Å²) in [6.45, 7) is 6.24. The number of carbonyl (C=O) groups excluding carboxylic acids is 1. The molecule has 8 heteroatoms. The lowest BCUT2D eigenvalue weighted by Crippen LogP contribution is -2.30. The Morgan fingerprint density at radius 2 is 1.77 bits per heavy atom. The minimum absolute atomic E-state index is 0.173. The highest BCUT2D eigenvalue weighted by Crippen LogP contribution is 2.28. The van der Waals surface area contributed by atoms with Gasteiger partial charge in [-0.2, -0.15) is 4.31 Å². The average molecular weight is 461 g/mol. The van der Waals surface area contributed by atoms with Crippen molar-refractivity contribution in [2.24, 2.45) is 0 Å². The lowest BCUT2D eigenvalue weighted by molar-refractivity contribution is -0.111. The Balaban J connectivity index is 1.96. The summed E-state index contributed by atoms with van der Waals surface area (Å²) in [5.41, 5.74) is 1.83. The van der Waals surface area contributed by atoms with Gasteiger partial charge < -0.3 is 5.32 Å². The van der Waals surface area contributed by atoms with Gasteiger partial charge >= 0.3 is 0 Å². The number of aryl methyl sites for hydroxylation is 1. The van der Waals surface area contributed by atoms with Gasteiger partial charge in [0.15, 0.2) is 0 Å². The molecule has 0 radical (unpaired) electrons. The quantitative estimate of drug-likeness (QED) is 0.462. The highest BCUT2D eigenvalue weighted by molar-refractivity contribution is 7.89. The molecule has 30 heavy (non-hydrogen) atoms. The molecule has 5 nitrogen and oxygen atoms in total. The molecular weight excluding hydrogens is 436 g/mol. The van der Waals surface area contributed by atoms with E-state index in [4.69, 9.17) is 0 Å². The number of benzene rings is 1. The van der Waals surface area contributed by atoms with Gasteiger partial charge in [0.05, 0.1) is 10.5 Å². The van der Waals surface area contributed by atoms with Gasteiger partial charge in [-0.3, -0.25) is 4.79 Å². The van der Waals surface area contributed by atoms with E-state index >= 15 is 0 Å². The maximum absolute atomic E-state index is 13.2. The van der Waals surface area contributed by atoms with Crippen molar-refractivity contribution in [2.75, 3.05) is 18.4 Å². The predicted molar refractivity (Wildman–Crippen MR) is 126 cm³/mol. The SMILES string of the molecule is CCN(CC)S(=O)(=O)c1ccc(C)c(NC(=O)C(=Cc2cccs2)c2cccs2)c1. The number of hydrogen-bond donors (Lipinski definition) is 1. The van der Waals surface area contributed by atoms with Gasteiger partial charge in [-0.05, 0) is 53.6 Å². The van der Waals surface area contributed by atoms with E-state index in [1.807, 2.05) is 48.0 Å². The number of nitrogens with one attached hydrogen (secondary N) is 1. The maximum Gasteiger partial charge on any atom is 0.257 e. The molecule has 158 valence electrons. The molecule has 0 fully saturated rings. The largest absolute Gasteiger partial charge is 0.322 e. The summed E-state index contributed by atoms with van der Waals surface area (Å²) in [7, 11) is -3.61. The van der Waals surface area contributed by atoms with Crippen LogP contribution in [0.15, 0.2) is 58.1 Å². The first-order valence-corrected chi connectivity index (χ1v) is 12.8. The Bertz CT molecular complexity index is 1130. The molecule has 0 unspecified atom stereocenters. The second-order valence-corrected chi connectivity index (χ2v) is 10.4. The zero-order valence-electron chi connectivity index (χ0n) is 17.1. The zero-order chi connectivity index (χ0) is 21.7. The van der Waals surface area contributed by atoms with Crippen LogP contribution in [0.1, 0.15) is 29.2 Å². The molecule has 0 atom stereocenters. The highest BCUT2D eigenvalue weighted by Gasteiger charge is 2.23. The Kier molecular flexibility index (Phi) is 7.25. The summed E-state index contributed by atoms with van der Waals surface area (Å²) in [4.78, 5) is 15.2. The fourth-order valence-electron chi connectivity index (χ4n) is 2.99. The van der Waals surface area contributed by atoms with Crippen LogP contribution in [-0.4, -0.2) is 31.7 Å². The minimum Gasteiger partial charge on any atom is -0.322 e. The molecule has 3 rings (SSSR count). The van der Waals surface area contributed by atoms with Gasteiger partial charge in [0.25, 0.3) is 5.91 Å². The third kappa shape index (κ3) is 4.89. The monoisotopic (exact) mass is 460 g/mol. The molecule has 0 bridgehead atoms. The molecule has 2 aromatic heterocycles. The second-order valence-electron chi connectivity index (χ2n) is 6.57. The molecule has 0 spiro atoms. The highest BCUT2D eigenvalue weighted by atomic mass is 32.2. The van der Waals surface area contributed by atoms with Gasteiger partial charge in [0.1, 0.15) is 0 Å². The fraction of sp³-hybridized carbons (Fsp3) is 0.227. The van der Waals surface area contributed by atoms with E-state index < -0.39 is 10.0 Å². The van der Waals surface area contributed by atoms with Crippen LogP contribution in [0.2, 0.25) is 0 Å². The lowest BCUT2D eigenvalue weighted by atomic mass is 10.1. The molecule has 0 aliphatic heterocycles. The van der Waals surface area contributed by atoms with Gasteiger partial charge in [-0.25, -0.2) is 8.42 Å². The van der Waals surface area contributed by atoms with E-state index in [9.17, 15) is 13.2 Å². The normalized spacial score (nSPS) is 12.3. The lowest BCUT2D eigenvalue weighted by Gasteiger charge is -2.19. The molecule has 0 aliphatic carbocycles. The molecule has 3 aromatic rings. The summed E-state index contributed by atoms with van der Waals surface area (Å²) >= 11 is 3.04. The molecule has 1 aromatic carbocycles. The Morgan fingerprint density at radius 1 is 1.07 bits per heavy atom. The van der Waals surface area contributed by atoms with E-state index in [1.54, 1.807) is 37.3 Å². The minimum atomic E-state index is -3.61. The third-order valence-corrected chi connectivity index (χ3v) is 8.43. The van der Waals surface area contributed by atoms with E-state index in [0.717, 1.165) is 15.3 Å². The van der Waals surface area contributed by atoms with Crippen LogP contribution in [0.4, 0.5) is 5.69 Å². The third-order valence-electron chi connectivity index (χ3n) is 4.66. The van der Waals surface area contributed by atoms with Gasteiger partial charge in [-0.15, -0.1) is 22.7 Å². The van der Waals surface area contributed by atoms with Crippen LogP contribution < -0.4 is 5.32 Å². The predicted octanol–water partition coefficient (Wildman–Crippen LogP) is 5.33. The van der Waals surface area contributed by atoms with Crippen LogP contribution in [-0.2, 0) is 14.8 Å². The van der Waals surface area contributed by atoms with Crippen molar-refractivity contribution in [1.29, 1.82) is 0 Å². The summed E-state index contributed by atoms with van der Waals surface area (Å²) in [6.07, 6.45) is 1.86. The first-order valence-electron chi connectivity index (χ1n) is 9.58. The fourth-order valence-corrected chi connectivity index (χ4v) is 5.88. The van der Waals surface area contributed by atoms with Crippen molar-refractivity contribution in [2.45, 2.75) is 25.7 Å². The van der Waals surface area contributed by atoms with E-state index in [1.165, 1.54) is 21.7 Å². The molecular formula is C22H24N2O3S3. The smallest absolute Gasteiger partial charge is 0.257 e. The Hall–Kier alpha value is -2.26. The summed E-state index contributed by atoms with van der Waals surface area (Å²) in [6, 6.07) is 12.5. The van der Waals surface area contributed by atoms with Crippen molar-refractivity contribution < 1.29 is 13.2 Å². The number of rotatable bonds is 8. The number of hydrogen-bond acceptors (Lipinski definition) is 5. The maximum atomic E-state index is 13.2. The standard InChI is InChI=1S/C22H24N2O3S3/c1-4-24(5-2)30(26,27)18-11-10-16(3)20(15-18)23-22(25)19(21-9-7-13-29-21)14-17-8-6-12-28-17/h6-15H,4-5H2,1-3H3,(H,23,25). The van der Waals surface area contributed by atoms with E-state index in [0.29, 0.717) is 24.4 Å². The van der Waals surface area contributed by atoms with Crippen molar-refractivity contribution >= 4 is 55.9 Å². The second kappa shape index (κ2) is 9.70. The van der Waals surface area contributed by atoms with Crippen molar-refractivity contribution in [3.05, 3.63) is 68.5 Å². The first-order chi connectivity index (χ1) is 14.4. The summed E-state index contributed by atoms with van der Waals surface area (Å²) in [5.74, 6) is -0.272. The molecule has 2 heterocycles. The topological polar surface area (TPSA) is 66.5 Å². The molecule has 1 amide bonds. The molecule has 0 aliphatic rings. The van der Waals surface area contributed by atoms with Crippen LogP contribution in [0.25, 0.3) is 11.6 Å². The summed E-state index contributed by atoms with van der Waals surface area (Å²) < 4.78 is 27.2. The number of anilines is 1. The molecule has 0 saturated carbocycles. The number of thiophene rings is 2. The Labute approximate surface area is 185 Å². The molecule has 0 saturated heterocycles. The number of sulfonamides is 1. The van der Waals surface area contributed by atoms with Crippen molar-refractivity contribution in [3.63, 3.8) is 0 Å². The number of nitrogens with zero attached hydrogens (tertiary/aromatic N) is 1. The van der Waals surface area contributed by atoms with Crippen molar-refractivity contribution in [1.82, 2.24) is 4.31 Å². The van der Waals surface area contributed by atoms with Gasteiger partial charge in [0.2, 0.25) is 10.0 Å².